The molecule has 1 aliphatic heterocycles. The fourth-order valence-corrected chi connectivity index (χ4v) is 5.49. The molecule has 0 spiro atoms. The molecule has 0 atom stereocenters. The van der Waals surface area contributed by atoms with Crippen LogP contribution in [-0.2, 0) is 21.4 Å². The Kier molecular flexibility index (Phi) is 7.79. The Balaban J connectivity index is 1.62. The number of nitrogens with zero attached hydrogens (tertiary/aromatic N) is 1. The lowest BCUT2D eigenvalue weighted by Gasteiger charge is -2.31. The third-order valence-electron chi connectivity index (χ3n) is 5.92. The Labute approximate surface area is 190 Å². The minimum atomic E-state index is -3.71. The number of carbonyl (C=O) groups is 1. The van der Waals surface area contributed by atoms with E-state index in [9.17, 15) is 13.2 Å². The van der Waals surface area contributed by atoms with Crippen LogP contribution < -0.4 is 14.8 Å². The first-order valence-electron chi connectivity index (χ1n) is 10.8. The molecule has 2 aromatic rings. The molecule has 174 valence electrons. The molecular formula is C24H32N2O5S. The Bertz CT molecular complexity index is 1030. The lowest BCUT2D eigenvalue weighted by Crippen LogP contribution is -2.43. The van der Waals surface area contributed by atoms with Gasteiger partial charge in [-0.15, -0.1) is 0 Å². The van der Waals surface area contributed by atoms with Crippen molar-refractivity contribution in [3.63, 3.8) is 0 Å². The normalized spacial score (nSPS) is 15.5. The summed E-state index contributed by atoms with van der Waals surface area (Å²) in [7, 11) is -0.621. The number of carbonyl (C=O) groups excluding carboxylic acids is 1. The van der Waals surface area contributed by atoms with Crippen molar-refractivity contribution in [2.24, 2.45) is 5.92 Å². The molecule has 32 heavy (non-hydrogen) atoms. The molecule has 0 unspecified atom stereocenters. The van der Waals surface area contributed by atoms with Gasteiger partial charge in [0.15, 0.2) is 0 Å². The molecule has 8 heteroatoms. The molecular weight excluding hydrogens is 428 g/mol. The number of piperidine rings is 1. The number of ether oxygens (including phenoxy) is 2. The first kappa shape index (κ1) is 24.1. The SMILES string of the molecule is COc1ccc(CNC(=O)C2CCN(S(=O)(=O)c3cc(C(C)C)ccc3OC)CC2)cc1. The van der Waals surface area contributed by atoms with Gasteiger partial charge in [-0.25, -0.2) is 8.42 Å². The lowest BCUT2D eigenvalue weighted by molar-refractivity contribution is -0.126. The van der Waals surface area contributed by atoms with Crippen LogP contribution in [0, 0.1) is 5.92 Å². The van der Waals surface area contributed by atoms with Crippen molar-refractivity contribution >= 4 is 15.9 Å². The van der Waals surface area contributed by atoms with Crippen LogP contribution in [0.25, 0.3) is 0 Å². The van der Waals surface area contributed by atoms with Gasteiger partial charge in [0.25, 0.3) is 0 Å². The van der Waals surface area contributed by atoms with Gasteiger partial charge in [-0.1, -0.05) is 32.0 Å². The van der Waals surface area contributed by atoms with E-state index < -0.39 is 10.0 Å². The predicted octanol–water partition coefficient (Wildman–Crippen LogP) is 3.54. The number of rotatable bonds is 8. The summed E-state index contributed by atoms with van der Waals surface area (Å²) in [6.07, 6.45) is 0.972. The quantitative estimate of drug-likeness (QED) is 0.651. The van der Waals surface area contributed by atoms with Crippen molar-refractivity contribution in [3.8, 4) is 11.5 Å². The molecule has 0 aromatic heterocycles. The van der Waals surface area contributed by atoms with Gasteiger partial charge in [0.1, 0.15) is 16.4 Å². The average Bonchev–Trinajstić information content (AvgIpc) is 2.82. The summed E-state index contributed by atoms with van der Waals surface area (Å²) in [6.45, 7) is 5.08. The molecule has 0 radical (unpaired) electrons. The molecule has 1 N–H and O–H groups in total. The van der Waals surface area contributed by atoms with Crippen molar-refractivity contribution in [2.45, 2.75) is 44.0 Å². The molecule has 1 fully saturated rings. The first-order valence-corrected chi connectivity index (χ1v) is 12.3. The van der Waals surface area contributed by atoms with Crippen LogP contribution in [0.3, 0.4) is 0 Å². The summed E-state index contributed by atoms with van der Waals surface area (Å²) in [4.78, 5) is 12.8. The van der Waals surface area contributed by atoms with Crippen LogP contribution in [-0.4, -0.2) is 45.9 Å². The van der Waals surface area contributed by atoms with E-state index in [1.807, 2.05) is 44.2 Å². The molecule has 1 aliphatic rings. The molecule has 7 nitrogen and oxygen atoms in total. The number of hydrogen-bond acceptors (Lipinski definition) is 5. The number of nitrogens with one attached hydrogen (secondary N) is 1. The fraction of sp³-hybridized carbons (Fsp3) is 0.458. The summed E-state index contributed by atoms with van der Waals surface area (Å²) in [5.41, 5.74) is 1.92. The Morgan fingerprint density at radius 3 is 2.28 bits per heavy atom. The van der Waals surface area contributed by atoms with Gasteiger partial charge >= 0.3 is 0 Å². The van der Waals surface area contributed by atoms with Gasteiger partial charge in [0, 0.05) is 25.6 Å². The smallest absolute Gasteiger partial charge is 0.246 e. The van der Waals surface area contributed by atoms with Crippen molar-refractivity contribution in [1.82, 2.24) is 9.62 Å². The van der Waals surface area contributed by atoms with E-state index in [1.165, 1.54) is 11.4 Å². The van der Waals surface area contributed by atoms with Gasteiger partial charge in [-0.05, 0) is 54.2 Å². The van der Waals surface area contributed by atoms with Crippen molar-refractivity contribution in [2.75, 3.05) is 27.3 Å². The summed E-state index contributed by atoms with van der Waals surface area (Å²) < 4.78 is 38.6. The molecule has 0 saturated carbocycles. The number of methoxy groups -OCH3 is 2. The van der Waals surface area contributed by atoms with Gasteiger partial charge < -0.3 is 14.8 Å². The Hall–Kier alpha value is -2.58. The third-order valence-corrected chi connectivity index (χ3v) is 7.84. The summed E-state index contributed by atoms with van der Waals surface area (Å²) in [5, 5.41) is 2.96. The highest BCUT2D eigenvalue weighted by molar-refractivity contribution is 7.89. The van der Waals surface area contributed by atoms with Crippen molar-refractivity contribution in [3.05, 3.63) is 53.6 Å². The number of benzene rings is 2. The zero-order valence-corrected chi connectivity index (χ0v) is 19.9. The molecule has 1 saturated heterocycles. The minimum absolute atomic E-state index is 0.0442. The Morgan fingerprint density at radius 2 is 1.72 bits per heavy atom. The monoisotopic (exact) mass is 460 g/mol. The van der Waals surface area contributed by atoms with Crippen LogP contribution in [0.4, 0.5) is 0 Å². The first-order chi connectivity index (χ1) is 15.3. The maximum Gasteiger partial charge on any atom is 0.246 e. The van der Waals surface area contributed by atoms with Crippen LogP contribution in [0.1, 0.15) is 43.7 Å². The molecule has 3 rings (SSSR count). The highest BCUT2D eigenvalue weighted by atomic mass is 32.2. The summed E-state index contributed by atoms with van der Waals surface area (Å²) in [6, 6.07) is 12.8. The summed E-state index contributed by atoms with van der Waals surface area (Å²) >= 11 is 0. The molecule has 1 heterocycles. The van der Waals surface area contributed by atoms with Crippen molar-refractivity contribution in [1.29, 1.82) is 0 Å². The third kappa shape index (κ3) is 5.42. The van der Waals surface area contributed by atoms with Gasteiger partial charge in [0.05, 0.1) is 14.2 Å². The van der Waals surface area contributed by atoms with E-state index in [0.29, 0.717) is 38.2 Å². The van der Waals surface area contributed by atoms with E-state index in [2.05, 4.69) is 5.32 Å². The molecule has 0 bridgehead atoms. The van der Waals surface area contributed by atoms with Gasteiger partial charge in [-0.2, -0.15) is 4.31 Å². The predicted molar refractivity (Wildman–Crippen MR) is 123 cm³/mol. The maximum absolute atomic E-state index is 13.3. The minimum Gasteiger partial charge on any atom is -0.497 e. The van der Waals surface area contributed by atoms with Crippen LogP contribution in [0.2, 0.25) is 0 Å². The Morgan fingerprint density at radius 1 is 1.06 bits per heavy atom. The highest BCUT2D eigenvalue weighted by Gasteiger charge is 2.34. The second kappa shape index (κ2) is 10.4. The fourth-order valence-electron chi connectivity index (χ4n) is 3.83. The van der Waals surface area contributed by atoms with Crippen LogP contribution >= 0.6 is 0 Å². The molecule has 2 aromatic carbocycles. The maximum atomic E-state index is 13.3. The summed E-state index contributed by atoms with van der Waals surface area (Å²) in [5.74, 6) is 1.06. The number of hydrogen-bond donors (Lipinski definition) is 1. The van der Waals surface area contributed by atoms with E-state index in [1.54, 1.807) is 19.2 Å². The van der Waals surface area contributed by atoms with Crippen LogP contribution in [0.15, 0.2) is 47.4 Å². The highest BCUT2D eigenvalue weighted by Crippen LogP contribution is 2.32. The zero-order chi connectivity index (χ0) is 23.3. The van der Waals surface area contributed by atoms with Gasteiger partial charge in [-0.3, -0.25) is 4.79 Å². The average molecular weight is 461 g/mol. The van der Waals surface area contributed by atoms with E-state index >= 15 is 0 Å². The standard InChI is InChI=1S/C24H32N2O5S/c1-17(2)20-7-10-22(31-4)23(15-20)32(28,29)26-13-11-19(12-14-26)24(27)25-16-18-5-8-21(30-3)9-6-18/h5-10,15,17,19H,11-14,16H2,1-4H3,(H,25,27). The number of sulfonamides is 1. The molecule has 1 amide bonds. The number of amides is 1. The van der Waals surface area contributed by atoms with E-state index in [-0.39, 0.29) is 22.6 Å². The lowest BCUT2D eigenvalue weighted by atomic mass is 9.97. The van der Waals surface area contributed by atoms with Crippen molar-refractivity contribution < 1.29 is 22.7 Å². The topological polar surface area (TPSA) is 84.9 Å². The molecule has 0 aliphatic carbocycles. The van der Waals surface area contributed by atoms with Crippen LogP contribution in [0.5, 0.6) is 11.5 Å². The van der Waals surface area contributed by atoms with Gasteiger partial charge in [0.2, 0.25) is 15.9 Å². The largest absolute Gasteiger partial charge is 0.497 e. The van der Waals surface area contributed by atoms with E-state index in [0.717, 1.165) is 16.9 Å². The second-order valence-corrected chi connectivity index (χ2v) is 10.2. The van der Waals surface area contributed by atoms with E-state index in [4.69, 9.17) is 9.47 Å². The zero-order valence-electron chi connectivity index (χ0n) is 19.1. The second-order valence-electron chi connectivity index (χ2n) is 8.31.